The molecule has 0 saturated carbocycles. The summed E-state index contributed by atoms with van der Waals surface area (Å²) in [6.07, 6.45) is 0. The maximum absolute atomic E-state index is 10.0. The first-order valence-electron chi connectivity index (χ1n) is 3.62. The van der Waals surface area contributed by atoms with Gasteiger partial charge < -0.3 is 14.7 Å². The number of hydrogen-bond acceptors (Lipinski definition) is 3. The second kappa shape index (κ2) is 4.21. The molecule has 0 aliphatic heterocycles. The Morgan fingerprint density at radius 2 is 1.77 bits per heavy atom. The summed E-state index contributed by atoms with van der Waals surface area (Å²) in [6.45, 7) is 0. The Kier molecular flexibility index (Phi) is 2.98. The second-order valence-electron chi connectivity index (χ2n) is 2.24. The molecule has 0 aliphatic carbocycles. The number of methoxy groups -OCH3 is 2. The minimum atomic E-state index is 0.433. The van der Waals surface area contributed by atoms with E-state index < -0.39 is 0 Å². The van der Waals surface area contributed by atoms with E-state index in [9.17, 15) is 5.21 Å². The zero-order valence-electron chi connectivity index (χ0n) is 7.40. The Balaban J connectivity index is 3.26. The van der Waals surface area contributed by atoms with Crippen LogP contribution in [0.25, 0.3) is 5.01 Å². The predicted molar refractivity (Wildman–Crippen MR) is 49.3 cm³/mol. The van der Waals surface area contributed by atoms with Crippen molar-refractivity contribution in [3.63, 3.8) is 0 Å². The molecule has 68 valence electrons. The van der Waals surface area contributed by atoms with Gasteiger partial charge in [0, 0.05) is 5.01 Å². The van der Waals surface area contributed by atoms with Gasteiger partial charge in [-0.05, 0) is 12.1 Å². The molecule has 0 bridgehead atoms. The first kappa shape index (κ1) is 9.20. The van der Waals surface area contributed by atoms with Crippen molar-refractivity contribution < 1.29 is 9.47 Å². The molecule has 1 aromatic carbocycles. The van der Waals surface area contributed by atoms with Crippen molar-refractivity contribution in [1.29, 1.82) is 0 Å². The molecule has 1 rings (SSSR count). The molecule has 0 aliphatic rings. The van der Waals surface area contributed by atoms with E-state index in [0.29, 0.717) is 17.1 Å². The molecule has 0 heterocycles. The van der Waals surface area contributed by atoms with Crippen LogP contribution in [-0.4, -0.2) is 14.2 Å². The van der Waals surface area contributed by atoms with Gasteiger partial charge in [-0.25, -0.2) is 0 Å². The van der Waals surface area contributed by atoms with Crippen LogP contribution in [0.1, 0.15) is 5.56 Å². The van der Waals surface area contributed by atoms with Gasteiger partial charge in [0.25, 0.3) is 0 Å². The number of nitrogens with zero attached hydrogens (tertiary/aromatic N) is 1. The zero-order chi connectivity index (χ0) is 9.68. The second-order valence-corrected chi connectivity index (χ2v) is 2.24. The van der Waals surface area contributed by atoms with E-state index in [0.717, 1.165) is 0 Å². The third kappa shape index (κ3) is 1.82. The fourth-order valence-electron chi connectivity index (χ4n) is 1.01. The lowest BCUT2D eigenvalue weighted by Gasteiger charge is -2.04. The summed E-state index contributed by atoms with van der Waals surface area (Å²) < 4.78 is 10.00. The SMILES string of the molecule is COc1cccc(OC)c1[13C]#[N+][O-]. The van der Waals surface area contributed by atoms with Gasteiger partial charge >= 0.3 is 6.07 Å². The Hall–Kier alpha value is -1.89. The van der Waals surface area contributed by atoms with Gasteiger partial charge in [0.2, 0.25) is 0 Å². The molecule has 0 atom stereocenters. The molecule has 4 nitrogen and oxygen atoms in total. The summed E-state index contributed by atoms with van der Waals surface area (Å²) in [4.78, 5) is 0. The topological polar surface area (TPSA) is 45.9 Å². The summed E-state index contributed by atoms with van der Waals surface area (Å²) >= 11 is 0. The Morgan fingerprint density at radius 1 is 1.23 bits per heavy atom. The van der Waals surface area contributed by atoms with Crippen molar-refractivity contribution in [3.05, 3.63) is 34.0 Å². The molecule has 0 unspecified atom stereocenters. The van der Waals surface area contributed by atoms with E-state index in [2.05, 4.69) is 11.1 Å². The molecule has 0 aromatic heterocycles. The van der Waals surface area contributed by atoms with Crippen molar-refractivity contribution in [3.8, 4) is 17.6 Å². The average molecular weight is 180 g/mol. The Labute approximate surface area is 76.1 Å². The highest BCUT2D eigenvalue weighted by molar-refractivity contribution is 5.54. The van der Waals surface area contributed by atoms with Gasteiger partial charge in [-0.3, -0.25) is 0 Å². The van der Waals surface area contributed by atoms with Crippen molar-refractivity contribution in [2.45, 2.75) is 0 Å². The predicted octanol–water partition coefficient (Wildman–Crippen LogP) is 1.88. The molecule has 13 heavy (non-hydrogen) atoms. The number of rotatable bonds is 2. The van der Waals surface area contributed by atoms with E-state index >= 15 is 0 Å². The molecule has 0 saturated heterocycles. The van der Waals surface area contributed by atoms with Crippen molar-refractivity contribution in [2.24, 2.45) is 0 Å². The van der Waals surface area contributed by atoms with Crippen LogP contribution in [0.2, 0.25) is 0 Å². The molecule has 4 heteroatoms. The summed E-state index contributed by atoms with van der Waals surface area (Å²) in [5.74, 6) is 1.03. The lowest BCUT2D eigenvalue weighted by molar-refractivity contribution is 0.392. The zero-order valence-corrected chi connectivity index (χ0v) is 7.40. The van der Waals surface area contributed by atoms with Crippen LogP contribution in [-0.2, 0) is 0 Å². The van der Waals surface area contributed by atoms with Crippen LogP contribution in [0, 0.1) is 11.3 Å². The van der Waals surface area contributed by atoms with Crippen LogP contribution >= 0.6 is 0 Å². The minimum Gasteiger partial charge on any atom is -0.498 e. The minimum absolute atomic E-state index is 0.433. The van der Waals surface area contributed by atoms with Crippen LogP contribution in [0.5, 0.6) is 11.5 Å². The summed E-state index contributed by atoms with van der Waals surface area (Å²) in [5.41, 5.74) is 0.433. The number of benzene rings is 1. The van der Waals surface area contributed by atoms with Crippen molar-refractivity contribution in [2.75, 3.05) is 14.2 Å². The number of hydrogen-bond donors (Lipinski definition) is 0. The van der Waals surface area contributed by atoms with Gasteiger partial charge in [0.15, 0.2) is 5.56 Å². The molecule has 0 radical (unpaired) electrons. The average Bonchev–Trinajstić information content (AvgIpc) is 2.18. The summed E-state index contributed by atoms with van der Waals surface area (Å²) in [6, 6.07) is 7.43. The summed E-state index contributed by atoms with van der Waals surface area (Å²) in [7, 11) is 3.01. The van der Waals surface area contributed by atoms with Gasteiger partial charge in [-0.2, -0.15) is 0 Å². The molecule has 0 fully saturated rings. The van der Waals surface area contributed by atoms with Crippen LogP contribution in [0.3, 0.4) is 0 Å². The maximum atomic E-state index is 10.0. The Bertz CT molecular complexity index is 329. The van der Waals surface area contributed by atoms with E-state index in [4.69, 9.17) is 9.47 Å². The van der Waals surface area contributed by atoms with Crippen LogP contribution in [0.4, 0.5) is 0 Å². The molecular formula is C9H9NO3. The molecular weight excluding hydrogens is 171 g/mol. The van der Waals surface area contributed by atoms with Gasteiger partial charge in [0.1, 0.15) is 11.5 Å². The number of ether oxygens (including phenoxy) is 2. The fraction of sp³-hybridized carbons (Fsp3) is 0.222. The lowest BCUT2D eigenvalue weighted by Crippen LogP contribution is -1.92. The lowest BCUT2D eigenvalue weighted by atomic mass is 10.2. The largest absolute Gasteiger partial charge is 0.498 e. The van der Waals surface area contributed by atoms with E-state index in [1.807, 2.05) is 0 Å². The molecule has 1 aromatic rings. The van der Waals surface area contributed by atoms with Crippen LogP contribution in [0.15, 0.2) is 18.2 Å². The monoisotopic (exact) mass is 180 g/mol. The highest BCUT2D eigenvalue weighted by Gasteiger charge is 2.11. The van der Waals surface area contributed by atoms with E-state index in [1.54, 1.807) is 18.2 Å². The first-order chi connectivity index (χ1) is 6.33. The van der Waals surface area contributed by atoms with Crippen LogP contribution < -0.4 is 9.47 Å². The standard InChI is InChI=1S/C9H9NO3/c1-12-8-4-3-5-9(13-2)7(8)6-10-11/h3-5H,1-2H3/i6+1. The highest BCUT2D eigenvalue weighted by atomic mass is 16.5. The smallest absolute Gasteiger partial charge is 0.344 e. The molecule has 0 amide bonds. The van der Waals surface area contributed by atoms with Crippen molar-refractivity contribution in [1.82, 2.24) is 0 Å². The maximum Gasteiger partial charge on any atom is 0.344 e. The van der Waals surface area contributed by atoms with E-state index in [-0.39, 0.29) is 0 Å². The van der Waals surface area contributed by atoms with E-state index in [1.165, 1.54) is 14.2 Å². The Morgan fingerprint density at radius 3 is 2.15 bits per heavy atom. The quantitative estimate of drug-likeness (QED) is 0.515. The summed E-state index contributed by atoms with van der Waals surface area (Å²) in [5, 5.41) is 12.6. The molecule has 0 N–H and O–H groups in total. The first-order valence-corrected chi connectivity index (χ1v) is 3.62. The normalized spacial score (nSPS) is 8.46. The van der Waals surface area contributed by atoms with Crippen molar-refractivity contribution >= 4 is 0 Å². The van der Waals surface area contributed by atoms with Gasteiger partial charge in [-0.1, -0.05) is 6.07 Å². The third-order valence-corrected chi connectivity index (χ3v) is 1.59. The molecule has 0 spiro atoms. The fourth-order valence-corrected chi connectivity index (χ4v) is 1.01. The van der Waals surface area contributed by atoms with Gasteiger partial charge in [0.05, 0.1) is 14.2 Å². The van der Waals surface area contributed by atoms with Gasteiger partial charge in [-0.15, -0.1) is 0 Å². The highest BCUT2D eigenvalue weighted by Crippen LogP contribution is 2.26. The third-order valence-electron chi connectivity index (χ3n) is 1.59.